The summed E-state index contributed by atoms with van der Waals surface area (Å²) < 4.78 is 7.32. The molecule has 0 amide bonds. The van der Waals surface area contributed by atoms with Crippen LogP contribution in [0, 0.1) is 5.92 Å². The standard InChI is InChI=1S/C18H28BrNO/c1-3-14-6-5-7-17(10-14)21-13-16-9-8-15(11-18(16)19)12-20-4-2/h8-9,11,14,17,20H,3-7,10,12-13H2,1-2H3. The van der Waals surface area contributed by atoms with E-state index in [1.807, 2.05) is 0 Å². The molecule has 3 heteroatoms. The van der Waals surface area contributed by atoms with E-state index in [4.69, 9.17) is 4.74 Å². The number of hydrogen-bond donors (Lipinski definition) is 1. The molecule has 2 nitrogen and oxygen atoms in total. The van der Waals surface area contributed by atoms with Crippen molar-refractivity contribution in [1.29, 1.82) is 0 Å². The Balaban J connectivity index is 1.85. The van der Waals surface area contributed by atoms with Crippen LogP contribution in [0.2, 0.25) is 0 Å². The van der Waals surface area contributed by atoms with Gasteiger partial charge in [-0.15, -0.1) is 0 Å². The average Bonchev–Trinajstić information content (AvgIpc) is 2.52. The molecule has 118 valence electrons. The lowest BCUT2D eigenvalue weighted by Crippen LogP contribution is -2.22. The number of halogens is 1. The quantitative estimate of drug-likeness (QED) is 0.740. The molecule has 2 unspecified atom stereocenters. The van der Waals surface area contributed by atoms with Crippen molar-refractivity contribution in [3.8, 4) is 0 Å². The molecule has 0 saturated heterocycles. The van der Waals surface area contributed by atoms with Crippen LogP contribution >= 0.6 is 15.9 Å². The van der Waals surface area contributed by atoms with Crippen molar-refractivity contribution in [2.75, 3.05) is 6.54 Å². The third kappa shape index (κ3) is 5.39. The van der Waals surface area contributed by atoms with E-state index < -0.39 is 0 Å². The summed E-state index contributed by atoms with van der Waals surface area (Å²) in [5, 5.41) is 3.35. The average molecular weight is 354 g/mol. The number of nitrogens with one attached hydrogen (secondary N) is 1. The summed E-state index contributed by atoms with van der Waals surface area (Å²) in [7, 11) is 0. The zero-order chi connectivity index (χ0) is 15.1. The molecule has 0 bridgehead atoms. The van der Waals surface area contributed by atoms with E-state index in [1.54, 1.807) is 0 Å². The van der Waals surface area contributed by atoms with Crippen LogP contribution in [0.4, 0.5) is 0 Å². The highest BCUT2D eigenvalue weighted by Crippen LogP contribution is 2.29. The van der Waals surface area contributed by atoms with Crippen LogP contribution in [0.15, 0.2) is 22.7 Å². The highest BCUT2D eigenvalue weighted by molar-refractivity contribution is 9.10. The van der Waals surface area contributed by atoms with E-state index in [9.17, 15) is 0 Å². The second-order valence-electron chi connectivity index (χ2n) is 6.08. The molecular weight excluding hydrogens is 326 g/mol. The molecule has 1 aromatic rings. The van der Waals surface area contributed by atoms with Crippen molar-refractivity contribution in [1.82, 2.24) is 5.32 Å². The molecule has 0 heterocycles. The van der Waals surface area contributed by atoms with E-state index in [-0.39, 0.29) is 0 Å². The first-order chi connectivity index (χ1) is 10.2. The van der Waals surface area contributed by atoms with E-state index >= 15 is 0 Å². The lowest BCUT2D eigenvalue weighted by atomic mass is 9.85. The predicted octanol–water partition coefficient (Wildman–Crippen LogP) is 5.04. The second kappa shape index (κ2) is 8.92. The summed E-state index contributed by atoms with van der Waals surface area (Å²) in [6.07, 6.45) is 6.93. The van der Waals surface area contributed by atoms with E-state index in [2.05, 4.69) is 53.3 Å². The number of ether oxygens (including phenoxy) is 1. The van der Waals surface area contributed by atoms with Crippen LogP contribution in [-0.2, 0) is 17.9 Å². The number of rotatable bonds is 7. The van der Waals surface area contributed by atoms with Gasteiger partial charge >= 0.3 is 0 Å². The Bertz CT molecular complexity index is 435. The van der Waals surface area contributed by atoms with Gasteiger partial charge < -0.3 is 10.1 Å². The van der Waals surface area contributed by atoms with Gasteiger partial charge in [-0.05, 0) is 42.5 Å². The molecule has 1 aliphatic carbocycles. The van der Waals surface area contributed by atoms with Crippen molar-refractivity contribution in [3.63, 3.8) is 0 Å². The smallest absolute Gasteiger partial charge is 0.0731 e. The van der Waals surface area contributed by atoms with Crippen LogP contribution in [0.1, 0.15) is 57.1 Å². The summed E-state index contributed by atoms with van der Waals surface area (Å²) in [4.78, 5) is 0. The Morgan fingerprint density at radius 2 is 2.14 bits per heavy atom. The molecule has 0 spiro atoms. The van der Waals surface area contributed by atoms with Crippen molar-refractivity contribution >= 4 is 15.9 Å². The first-order valence-corrected chi connectivity index (χ1v) is 9.11. The number of hydrogen-bond acceptors (Lipinski definition) is 2. The summed E-state index contributed by atoms with van der Waals surface area (Å²) >= 11 is 3.68. The Morgan fingerprint density at radius 1 is 1.29 bits per heavy atom. The molecule has 0 aliphatic heterocycles. The van der Waals surface area contributed by atoms with Gasteiger partial charge in [-0.2, -0.15) is 0 Å². The van der Waals surface area contributed by atoms with Crippen LogP contribution < -0.4 is 5.32 Å². The minimum atomic E-state index is 0.456. The zero-order valence-electron chi connectivity index (χ0n) is 13.3. The highest BCUT2D eigenvalue weighted by atomic mass is 79.9. The van der Waals surface area contributed by atoms with Crippen molar-refractivity contribution in [3.05, 3.63) is 33.8 Å². The maximum absolute atomic E-state index is 6.16. The van der Waals surface area contributed by atoms with Gasteiger partial charge in [-0.1, -0.05) is 61.2 Å². The Labute approximate surface area is 137 Å². The van der Waals surface area contributed by atoms with Gasteiger partial charge in [0.1, 0.15) is 0 Å². The summed E-state index contributed by atoms with van der Waals surface area (Å²) in [6.45, 7) is 7.08. The highest BCUT2D eigenvalue weighted by Gasteiger charge is 2.21. The van der Waals surface area contributed by atoms with Gasteiger partial charge in [-0.25, -0.2) is 0 Å². The van der Waals surface area contributed by atoms with E-state index in [0.717, 1.165) is 25.6 Å². The van der Waals surface area contributed by atoms with Crippen LogP contribution in [0.5, 0.6) is 0 Å². The Hall–Kier alpha value is -0.380. The molecule has 0 aromatic heterocycles. The second-order valence-corrected chi connectivity index (χ2v) is 6.93. The fourth-order valence-corrected chi connectivity index (χ4v) is 3.60. The minimum Gasteiger partial charge on any atom is -0.373 e. The molecule has 1 fully saturated rings. The SMILES string of the molecule is CCNCc1ccc(COC2CCCC(CC)C2)c(Br)c1. The van der Waals surface area contributed by atoms with Crippen LogP contribution in [0.3, 0.4) is 0 Å². The van der Waals surface area contributed by atoms with Crippen molar-refractivity contribution in [2.45, 2.75) is 65.2 Å². The fourth-order valence-electron chi connectivity index (χ4n) is 3.06. The molecular formula is C18H28BrNO. The molecule has 1 aliphatic rings. The van der Waals surface area contributed by atoms with Gasteiger partial charge in [-0.3, -0.25) is 0 Å². The predicted molar refractivity (Wildman–Crippen MR) is 92.3 cm³/mol. The lowest BCUT2D eigenvalue weighted by molar-refractivity contribution is 0.00153. The van der Waals surface area contributed by atoms with Crippen molar-refractivity contribution < 1.29 is 4.74 Å². The Morgan fingerprint density at radius 3 is 2.86 bits per heavy atom. The third-order valence-electron chi connectivity index (χ3n) is 4.48. The molecule has 0 radical (unpaired) electrons. The third-order valence-corrected chi connectivity index (χ3v) is 5.22. The normalized spacial score (nSPS) is 22.4. The molecule has 1 aromatic carbocycles. The van der Waals surface area contributed by atoms with Gasteiger partial charge in [0.2, 0.25) is 0 Å². The molecule has 1 saturated carbocycles. The maximum atomic E-state index is 6.16. The maximum Gasteiger partial charge on any atom is 0.0731 e. The molecule has 21 heavy (non-hydrogen) atoms. The summed E-state index contributed by atoms with van der Waals surface area (Å²) in [5.41, 5.74) is 2.57. The van der Waals surface area contributed by atoms with E-state index in [0.29, 0.717) is 6.10 Å². The van der Waals surface area contributed by atoms with E-state index in [1.165, 1.54) is 47.7 Å². The first-order valence-electron chi connectivity index (χ1n) is 8.32. The number of benzene rings is 1. The topological polar surface area (TPSA) is 21.3 Å². The van der Waals surface area contributed by atoms with Crippen molar-refractivity contribution in [2.24, 2.45) is 5.92 Å². The zero-order valence-corrected chi connectivity index (χ0v) is 14.9. The Kier molecular flexibility index (Phi) is 7.21. The van der Waals surface area contributed by atoms with Crippen LogP contribution in [-0.4, -0.2) is 12.6 Å². The summed E-state index contributed by atoms with van der Waals surface area (Å²) in [5.74, 6) is 0.870. The molecule has 2 atom stereocenters. The van der Waals surface area contributed by atoms with Gasteiger partial charge in [0.25, 0.3) is 0 Å². The van der Waals surface area contributed by atoms with Crippen LogP contribution in [0.25, 0.3) is 0 Å². The monoisotopic (exact) mass is 353 g/mol. The molecule has 2 rings (SSSR count). The lowest BCUT2D eigenvalue weighted by Gasteiger charge is -2.28. The molecule has 1 N–H and O–H groups in total. The van der Waals surface area contributed by atoms with Gasteiger partial charge in [0, 0.05) is 11.0 Å². The first kappa shape index (κ1) is 17.0. The van der Waals surface area contributed by atoms with Gasteiger partial charge in [0.05, 0.1) is 12.7 Å². The van der Waals surface area contributed by atoms with Gasteiger partial charge in [0.15, 0.2) is 0 Å². The minimum absolute atomic E-state index is 0.456. The largest absolute Gasteiger partial charge is 0.373 e. The fraction of sp³-hybridized carbons (Fsp3) is 0.667. The summed E-state index contributed by atoms with van der Waals surface area (Å²) in [6, 6.07) is 6.59.